The number of hydrogen-bond acceptors (Lipinski definition) is 8. The van der Waals surface area contributed by atoms with Gasteiger partial charge in [-0.2, -0.15) is 0 Å². The van der Waals surface area contributed by atoms with Crippen molar-refractivity contribution in [3.63, 3.8) is 0 Å². The quantitative estimate of drug-likeness (QED) is 0.109. The third-order valence-corrected chi connectivity index (χ3v) is 7.80. The van der Waals surface area contributed by atoms with Crippen molar-refractivity contribution in [3.05, 3.63) is 108 Å². The first-order valence-corrected chi connectivity index (χ1v) is 14.5. The zero-order valence-corrected chi connectivity index (χ0v) is 25.3. The minimum atomic E-state index is -0.907. The van der Waals surface area contributed by atoms with Gasteiger partial charge in [0.1, 0.15) is 29.7 Å². The SMILES string of the molecule is COc1ccc(C(OC[C@@H]2CC[C@H](n3cnc4c(/N=C/N(C)C)ncnc43)O2)(c2ccccc2)c2ccc(OC)cc2)cc1. The van der Waals surface area contributed by atoms with Gasteiger partial charge in [-0.25, -0.2) is 19.9 Å². The predicted octanol–water partition coefficient (Wildman–Crippen LogP) is 5.75. The topological polar surface area (TPSA) is 96.1 Å². The van der Waals surface area contributed by atoms with Gasteiger partial charge in [0.15, 0.2) is 17.0 Å². The van der Waals surface area contributed by atoms with Crippen molar-refractivity contribution in [2.45, 2.75) is 30.8 Å². The smallest absolute Gasteiger partial charge is 0.184 e. The second-order valence-corrected chi connectivity index (χ2v) is 10.8. The van der Waals surface area contributed by atoms with Crippen LogP contribution in [0.3, 0.4) is 0 Å². The van der Waals surface area contributed by atoms with Crippen LogP contribution in [-0.4, -0.2) is 71.8 Å². The Morgan fingerprint density at radius 2 is 1.50 bits per heavy atom. The lowest BCUT2D eigenvalue weighted by Gasteiger charge is -2.37. The Hall–Kier alpha value is -4.80. The maximum Gasteiger partial charge on any atom is 0.184 e. The second kappa shape index (κ2) is 12.8. The molecular formula is C34H36N6O4. The van der Waals surface area contributed by atoms with E-state index in [0.29, 0.717) is 23.6 Å². The molecule has 0 N–H and O–H groups in total. The molecule has 0 unspecified atom stereocenters. The Kier molecular flexibility index (Phi) is 8.53. The molecule has 44 heavy (non-hydrogen) atoms. The molecule has 3 heterocycles. The molecule has 1 fully saturated rings. The minimum absolute atomic E-state index is 0.148. The fourth-order valence-electron chi connectivity index (χ4n) is 5.62. The average Bonchev–Trinajstić information content (AvgIpc) is 3.72. The third kappa shape index (κ3) is 5.73. The largest absolute Gasteiger partial charge is 0.497 e. The van der Waals surface area contributed by atoms with E-state index in [1.54, 1.807) is 26.9 Å². The average molecular weight is 593 g/mol. The first-order chi connectivity index (χ1) is 21.5. The monoisotopic (exact) mass is 592 g/mol. The number of aliphatic imine (C=N–C) groups is 1. The van der Waals surface area contributed by atoms with Crippen LogP contribution in [0.2, 0.25) is 0 Å². The molecule has 0 bridgehead atoms. The highest BCUT2D eigenvalue weighted by Gasteiger charge is 2.40. The van der Waals surface area contributed by atoms with Crippen molar-refractivity contribution in [2.75, 3.05) is 34.9 Å². The molecule has 6 rings (SSSR count). The number of nitrogens with zero attached hydrogens (tertiary/aromatic N) is 6. The highest BCUT2D eigenvalue weighted by Crippen LogP contribution is 2.43. The molecule has 226 valence electrons. The standard InChI is InChI=1S/C34H36N6O4/c1-39(2)22-38-32-31-33(36-21-35-32)40(23-37-31)30-19-18-29(44-30)20-43-34(24-8-6-5-7-9-24,25-10-14-27(41-3)15-11-25)26-12-16-28(42-4)17-13-26/h5-17,21-23,29-30H,18-20H2,1-4H3/b38-22+/t29-,30+/m0/s1. The van der Waals surface area contributed by atoms with E-state index in [1.165, 1.54) is 6.33 Å². The number of fused-ring (bicyclic) bond motifs is 1. The van der Waals surface area contributed by atoms with Crippen LogP contribution in [0.25, 0.3) is 11.2 Å². The van der Waals surface area contributed by atoms with E-state index in [0.717, 1.165) is 41.0 Å². The zero-order chi connectivity index (χ0) is 30.5. The van der Waals surface area contributed by atoms with Gasteiger partial charge in [0.2, 0.25) is 0 Å². The predicted molar refractivity (Wildman–Crippen MR) is 169 cm³/mol. The third-order valence-electron chi connectivity index (χ3n) is 7.80. The Morgan fingerprint density at radius 3 is 2.11 bits per heavy atom. The zero-order valence-electron chi connectivity index (χ0n) is 25.3. The van der Waals surface area contributed by atoms with Gasteiger partial charge < -0.3 is 23.8 Å². The summed E-state index contributed by atoms with van der Waals surface area (Å²) in [6.07, 6.45) is 6.19. The maximum atomic E-state index is 7.06. The van der Waals surface area contributed by atoms with Gasteiger partial charge >= 0.3 is 0 Å². The molecule has 2 aromatic heterocycles. The number of imidazole rings is 1. The highest BCUT2D eigenvalue weighted by molar-refractivity contribution is 5.82. The molecule has 10 heteroatoms. The molecular weight excluding hydrogens is 556 g/mol. The molecule has 10 nitrogen and oxygen atoms in total. The molecule has 0 saturated carbocycles. The van der Waals surface area contributed by atoms with Gasteiger partial charge in [0.05, 0.1) is 39.6 Å². The summed E-state index contributed by atoms with van der Waals surface area (Å²) in [6.45, 7) is 0.365. The molecule has 1 aliphatic rings. The molecule has 1 aliphatic heterocycles. The summed E-state index contributed by atoms with van der Waals surface area (Å²) in [5.74, 6) is 2.07. The van der Waals surface area contributed by atoms with Crippen molar-refractivity contribution in [2.24, 2.45) is 4.99 Å². The highest BCUT2D eigenvalue weighted by atomic mass is 16.6. The van der Waals surface area contributed by atoms with Gasteiger partial charge in [-0.05, 0) is 53.8 Å². The number of benzene rings is 3. The van der Waals surface area contributed by atoms with Crippen LogP contribution < -0.4 is 9.47 Å². The van der Waals surface area contributed by atoms with Gasteiger partial charge in [0, 0.05) is 14.1 Å². The Labute approximate surface area is 256 Å². The number of aromatic nitrogens is 4. The minimum Gasteiger partial charge on any atom is -0.497 e. The molecule has 0 radical (unpaired) electrons. The summed E-state index contributed by atoms with van der Waals surface area (Å²) in [4.78, 5) is 19.7. The number of hydrogen-bond donors (Lipinski definition) is 0. The van der Waals surface area contributed by atoms with Crippen molar-refractivity contribution in [3.8, 4) is 11.5 Å². The van der Waals surface area contributed by atoms with E-state index in [-0.39, 0.29) is 12.3 Å². The van der Waals surface area contributed by atoms with Crippen LogP contribution in [0, 0.1) is 0 Å². The van der Waals surface area contributed by atoms with E-state index in [4.69, 9.17) is 18.9 Å². The summed E-state index contributed by atoms with van der Waals surface area (Å²) >= 11 is 0. The van der Waals surface area contributed by atoms with Crippen LogP contribution in [0.4, 0.5) is 5.82 Å². The first-order valence-electron chi connectivity index (χ1n) is 14.5. The van der Waals surface area contributed by atoms with Gasteiger partial charge in [-0.1, -0.05) is 54.6 Å². The Bertz CT molecular complexity index is 1660. The molecule has 0 aliphatic carbocycles. The van der Waals surface area contributed by atoms with Crippen LogP contribution in [-0.2, 0) is 15.1 Å². The molecule has 2 atom stereocenters. The van der Waals surface area contributed by atoms with E-state index in [1.807, 2.05) is 66.0 Å². The van der Waals surface area contributed by atoms with Crippen LogP contribution in [0.15, 0.2) is 96.5 Å². The van der Waals surface area contributed by atoms with Gasteiger partial charge in [0.25, 0.3) is 0 Å². The van der Waals surface area contributed by atoms with Crippen LogP contribution in [0.1, 0.15) is 35.8 Å². The fraction of sp³-hybridized carbons (Fsp3) is 0.294. The van der Waals surface area contributed by atoms with Crippen molar-refractivity contribution in [1.82, 2.24) is 24.4 Å². The normalized spacial score (nSPS) is 16.9. The molecule has 1 saturated heterocycles. The molecule has 5 aromatic rings. The van der Waals surface area contributed by atoms with Crippen molar-refractivity contribution < 1.29 is 18.9 Å². The van der Waals surface area contributed by atoms with Crippen molar-refractivity contribution in [1.29, 1.82) is 0 Å². The van der Waals surface area contributed by atoms with Crippen LogP contribution in [0.5, 0.6) is 11.5 Å². The number of methoxy groups -OCH3 is 2. The lowest BCUT2D eigenvalue weighted by atomic mass is 9.80. The number of ether oxygens (including phenoxy) is 4. The molecule has 3 aromatic carbocycles. The summed E-state index contributed by atoms with van der Waals surface area (Å²) in [7, 11) is 7.15. The van der Waals surface area contributed by atoms with Crippen molar-refractivity contribution >= 4 is 23.3 Å². The van der Waals surface area contributed by atoms with E-state index in [2.05, 4.69) is 56.3 Å². The fourth-order valence-corrected chi connectivity index (χ4v) is 5.62. The van der Waals surface area contributed by atoms with Crippen LogP contribution >= 0.6 is 0 Å². The Balaban J connectivity index is 1.31. The summed E-state index contributed by atoms with van der Waals surface area (Å²) in [5.41, 5.74) is 3.38. The Morgan fingerprint density at radius 1 is 0.864 bits per heavy atom. The summed E-state index contributed by atoms with van der Waals surface area (Å²) < 4.78 is 26.5. The van der Waals surface area contributed by atoms with Gasteiger partial charge in [-0.15, -0.1) is 0 Å². The maximum absolute atomic E-state index is 7.06. The summed E-state index contributed by atoms with van der Waals surface area (Å²) in [6, 6.07) is 26.4. The van der Waals surface area contributed by atoms with E-state index in [9.17, 15) is 0 Å². The van der Waals surface area contributed by atoms with E-state index < -0.39 is 5.60 Å². The van der Waals surface area contributed by atoms with Gasteiger partial charge in [-0.3, -0.25) is 4.57 Å². The summed E-state index contributed by atoms with van der Waals surface area (Å²) in [5, 5.41) is 0. The lowest BCUT2D eigenvalue weighted by molar-refractivity contribution is -0.0756. The molecule has 0 amide bonds. The first kappa shape index (κ1) is 29.3. The number of rotatable bonds is 11. The second-order valence-electron chi connectivity index (χ2n) is 10.8. The lowest BCUT2D eigenvalue weighted by Crippen LogP contribution is -2.35. The van der Waals surface area contributed by atoms with E-state index >= 15 is 0 Å². The molecule has 0 spiro atoms.